The molecule has 18 heavy (non-hydrogen) atoms. The average molecular weight is 252 g/mol. The van der Waals surface area contributed by atoms with Crippen LogP contribution < -0.4 is 10.6 Å². The maximum atomic E-state index is 13.3. The zero-order valence-electron chi connectivity index (χ0n) is 11.2. The lowest BCUT2D eigenvalue weighted by Gasteiger charge is -2.20. The van der Waals surface area contributed by atoms with Gasteiger partial charge in [-0.1, -0.05) is 32.9 Å². The van der Waals surface area contributed by atoms with E-state index in [9.17, 15) is 9.18 Å². The summed E-state index contributed by atoms with van der Waals surface area (Å²) in [6, 6.07) is 6.46. The SMILES string of the molecule is CCC(NCC(=O)Nc1ccccc1F)C(C)C. The second-order valence-electron chi connectivity index (χ2n) is 4.67. The van der Waals surface area contributed by atoms with Gasteiger partial charge in [0, 0.05) is 6.04 Å². The molecule has 100 valence electrons. The first-order chi connectivity index (χ1) is 8.54. The fourth-order valence-electron chi connectivity index (χ4n) is 1.83. The van der Waals surface area contributed by atoms with Crippen molar-refractivity contribution in [3.8, 4) is 0 Å². The molecule has 4 heteroatoms. The number of carbonyl (C=O) groups is 1. The number of nitrogens with one attached hydrogen (secondary N) is 2. The summed E-state index contributed by atoms with van der Waals surface area (Å²) in [6.45, 7) is 6.49. The van der Waals surface area contributed by atoms with E-state index in [0.717, 1.165) is 6.42 Å². The van der Waals surface area contributed by atoms with E-state index in [1.54, 1.807) is 18.2 Å². The summed E-state index contributed by atoms with van der Waals surface area (Å²) >= 11 is 0. The third kappa shape index (κ3) is 4.45. The van der Waals surface area contributed by atoms with Crippen LogP contribution in [0.2, 0.25) is 0 Å². The van der Waals surface area contributed by atoms with Gasteiger partial charge in [-0.3, -0.25) is 4.79 Å². The number of rotatable bonds is 6. The molecular weight excluding hydrogens is 231 g/mol. The summed E-state index contributed by atoms with van der Waals surface area (Å²) in [5, 5.41) is 5.73. The first-order valence-corrected chi connectivity index (χ1v) is 6.32. The van der Waals surface area contributed by atoms with Crippen molar-refractivity contribution in [2.45, 2.75) is 33.2 Å². The first kappa shape index (κ1) is 14.6. The zero-order chi connectivity index (χ0) is 13.5. The molecule has 0 saturated heterocycles. The van der Waals surface area contributed by atoms with E-state index >= 15 is 0 Å². The Bertz CT molecular complexity index is 393. The molecular formula is C14H21FN2O. The highest BCUT2D eigenvalue weighted by atomic mass is 19.1. The number of anilines is 1. The summed E-state index contributed by atoms with van der Waals surface area (Å²) in [5.41, 5.74) is 0.224. The minimum Gasteiger partial charge on any atom is -0.322 e. The van der Waals surface area contributed by atoms with Crippen LogP contribution >= 0.6 is 0 Å². The lowest BCUT2D eigenvalue weighted by atomic mass is 10.0. The van der Waals surface area contributed by atoms with E-state index < -0.39 is 5.82 Å². The highest BCUT2D eigenvalue weighted by Crippen LogP contribution is 2.12. The van der Waals surface area contributed by atoms with Crippen molar-refractivity contribution in [1.29, 1.82) is 0 Å². The molecule has 0 aliphatic heterocycles. The summed E-state index contributed by atoms with van der Waals surface area (Å²) in [4.78, 5) is 11.7. The molecule has 0 aliphatic carbocycles. The molecule has 0 fully saturated rings. The maximum absolute atomic E-state index is 13.3. The van der Waals surface area contributed by atoms with E-state index in [-0.39, 0.29) is 18.1 Å². The molecule has 0 aliphatic rings. The van der Waals surface area contributed by atoms with Gasteiger partial charge in [-0.25, -0.2) is 4.39 Å². The molecule has 1 atom stereocenters. The Labute approximate surface area is 108 Å². The van der Waals surface area contributed by atoms with E-state index in [4.69, 9.17) is 0 Å². The number of hydrogen-bond acceptors (Lipinski definition) is 2. The minimum atomic E-state index is -0.415. The lowest BCUT2D eigenvalue weighted by Crippen LogP contribution is -2.38. The summed E-state index contributed by atoms with van der Waals surface area (Å²) in [5.74, 6) is -0.169. The Morgan fingerprint density at radius 2 is 2.00 bits per heavy atom. The van der Waals surface area contributed by atoms with Gasteiger partial charge in [0.1, 0.15) is 5.82 Å². The van der Waals surface area contributed by atoms with Crippen LogP contribution in [0.5, 0.6) is 0 Å². The van der Waals surface area contributed by atoms with Crippen LogP contribution in [0.1, 0.15) is 27.2 Å². The van der Waals surface area contributed by atoms with Crippen molar-refractivity contribution in [2.75, 3.05) is 11.9 Å². The predicted molar refractivity (Wildman–Crippen MR) is 71.9 cm³/mol. The van der Waals surface area contributed by atoms with Gasteiger partial charge in [0.2, 0.25) is 5.91 Å². The summed E-state index contributed by atoms with van der Waals surface area (Å²) in [6.07, 6.45) is 0.963. The van der Waals surface area contributed by atoms with Crippen molar-refractivity contribution >= 4 is 11.6 Å². The fourth-order valence-corrected chi connectivity index (χ4v) is 1.83. The maximum Gasteiger partial charge on any atom is 0.238 e. The second-order valence-corrected chi connectivity index (χ2v) is 4.67. The quantitative estimate of drug-likeness (QED) is 0.817. The highest BCUT2D eigenvalue weighted by molar-refractivity contribution is 5.92. The van der Waals surface area contributed by atoms with E-state index in [1.807, 2.05) is 0 Å². The molecule has 0 aromatic heterocycles. The number of para-hydroxylation sites is 1. The highest BCUT2D eigenvalue weighted by Gasteiger charge is 2.12. The van der Waals surface area contributed by atoms with Crippen LogP contribution in [0.15, 0.2) is 24.3 Å². The Hall–Kier alpha value is -1.42. The topological polar surface area (TPSA) is 41.1 Å². The van der Waals surface area contributed by atoms with Gasteiger partial charge in [-0.2, -0.15) is 0 Å². The monoisotopic (exact) mass is 252 g/mol. The average Bonchev–Trinajstić information content (AvgIpc) is 2.32. The molecule has 2 N–H and O–H groups in total. The molecule has 0 bridgehead atoms. The Kier molecular flexibility index (Phi) is 5.78. The van der Waals surface area contributed by atoms with Gasteiger partial charge in [0.25, 0.3) is 0 Å². The van der Waals surface area contributed by atoms with Crippen molar-refractivity contribution < 1.29 is 9.18 Å². The van der Waals surface area contributed by atoms with Crippen LogP contribution in [0.25, 0.3) is 0 Å². The van der Waals surface area contributed by atoms with Crippen LogP contribution in [-0.4, -0.2) is 18.5 Å². The van der Waals surface area contributed by atoms with E-state index in [2.05, 4.69) is 31.4 Å². The Morgan fingerprint density at radius 1 is 1.33 bits per heavy atom. The number of halogens is 1. The Balaban J connectivity index is 2.45. The van der Waals surface area contributed by atoms with Gasteiger partial charge >= 0.3 is 0 Å². The Morgan fingerprint density at radius 3 is 2.56 bits per heavy atom. The van der Waals surface area contributed by atoms with Gasteiger partial charge < -0.3 is 10.6 Å². The molecule has 1 aromatic carbocycles. The number of amides is 1. The van der Waals surface area contributed by atoms with Crippen molar-refractivity contribution in [1.82, 2.24) is 5.32 Å². The molecule has 0 radical (unpaired) electrons. The predicted octanol–water partition coefficient (Wildman–Crippen LogP) is 2.79. The standard InChI is InChI=1S/C14H21FN2O/c1-4-12(10(2)3)16-9-14(18)17-13-8-6-5-7-11(13)15/h5-8,10,12,16H,4,9H2,1-3H3,(H,17,18). The third-order valence-electron chi connectivity index (χ3n) is 2.92. The molecule has 1 rings (SSSR count). The number of carbonyl (C=O) groups excluding carboxylic acids is 1. The molecule has 1 unspecified atom stereocenters. The van der Waals surface area contributed by atoms with Gasteiger partial charge in [-0.05, 0) is 24.5 Å². The summed E-state index contributed by atoms with van der Waals surface area (Å²) in [7, 11) is 0. The molecule has 0 saturated carbocycles. The van der Waals surface area contributed by atoms with Crippen LogP contribution in [0, 0.1) is 11.7 Å². The minimum absolute atomic E-state index is 0.199. The molecule has 3 nitrogen and oxygen atoms in total. The van der Waals surface area contributed by atoms with Crippen LogP contribution in [0.4, 0.5) is 10.1 Å². The van der Waals surface area contributed by atoms with Gasteiger partial charge in [-0.15, -0.1) is 0 Å². The van der Waals surface area contributed by atoms with E-state index in [1.165, 1.54) is 6.07 Å². The molecule has 1 amide bonds. The molecule has 1 aromatic rings. The van der Waals surface area contributed by atoms with Crippen molar-refractivity contribution in [3.63, 3.8) is 0 Å². The smallest absolute Gasteiger partial charge is 0.238 e. The van der Waals surface area contributed by atoms with Crippen molar-refractivity contribution in [3.05, 3.63) is 30.1 Å². The lowest BCUT2D eigenvalue weighted by molar-refractivity contribution is -0.115. The molecule has 0 heterocycles. The second kappa shape index (κ2) is 7.11. The first-order valence-electron chi connectivity index (χ1n) is 6.32. The van der Waals surface area contributed by atoms with E-state index in [0.29, 0.717) is 12.0 Å². The fraction of sp³-hybridized carbons (Fsp3) is 0.500. The zero-order valence-corrected chi connectivity index (χ0v) is 11.2. The largest absolute Gasteiger partial charge is 0.322 e. The van der Waals surface area contributed by atoms with Gasteiger partial charge in [0.05, 0.1) is 12.2 Å². The van der Waals surface area contributed by atoms with Crippen LogP contribution in [-0.2, 0) is 4.79 Å². The van der Waals surface area contributed by atoms with Crippen molar-refractivity contribution in [2.24, 2.45) is 5.92 Å². The third-order valence-corrected chi connectivity index (χ3v) is 2.92. The van der Waals surface area contributed by atoms with Gasteiger partial charge in [0.15, 0.2) is 0 Å². The van der Waals surface area contributed by atoms with Crippen LogP contribution in [0.3, 0.4) is 0 Å². The number of benzene rings is 1. The number of hydrogen-bond donors (Lipinski definition) is 2. The summed E-state index contributed by atoms with van der Waals surface area (Å²) < 4.78 is 13.3. The normalized spacial score (nSPS) is 12.5. The molecule has 0 spiro atoms.